The molecule has 1 heteroatoms. The fourth-order valence-corrected chi connectivity index (χ4v) is 4.71. The van der Waals surface area contributed by atoms with Crippen LogP contribution in [0.25, 0.3) is 0 Å². The van der Waals surface area contributed by atoms with Crippen molar-refractivity contribution in [2.75, 3.05) is 5.32 Å². The molecule has 2 aliphatic rings. The minimum atomic E-state index is 0.420. The van der Waals surface area contributed by atoms with E-state index in [-0.39, 0.29) is 0 Å². The van der Waals surface area contributed by atoms with Gasteiger partial charge in [0.2, 0.25) is 0 Å². The van der Waals surface area contributed by atoms with Crippen molar-refractivity contribution < 1.29 is 0 Å². The standard InChI is InChI=1S/C18H27N/c1-12-6-7-13(2)15(10-12)19-16-17(3,4)14-8-9-18(16,5)11-14/h6-7,10,14,16,19H,8-9,11H2,1-5H3/t14-,16?,18+/m0/s1. The van der Waals surface area contributed by atoms with E-state index in [2.05, 4.69) is 58.1 Å². The summed E-state index contributed by atoms with van der Waals surface area (Å²) in [5, 5.41) is 3.91. The quantitative estimate of drug-likeness (QED) is 0.792. The maximum atomic E-state index is 3.91. The summed E-state index contributed by atoms with van der Waals surface area (Å²) in [6.45, 7) is 11.8. The molecule has 0 radical (unpaired) electrons. The van der Waals surface area contributed by atoms with Crippen LogP contribution in [0, 0.1) is 30.6 Å². The van der Waals surface area contributed by atoms with Crippen molar-refractivity contribution in [3.63, 3.8) is 0 Å². The molecule has 0 aromatic heterocycles. The largest absolute Gasteiger partial charge is 0.381 e. The van der Waals surface area contributed by atoms with Crippen LogP contribution in [0.4, 0.5) is 5.69 Å². The van der Waals surface area contributed by atoms with E-state index in [4.69, 9.17) is 0 Å². The van der Waals surface area contributed by atoms with E-state index < -0.39 is 0 Å². The van der Waals surface area contributed by atoms with Crippen molar-refractivity contribution in [2.45, 2.75) is 59.9 Å². The molecule has 1 N–H and O–H groups in total. The lowest BCUT2D eigenvalue weighted by atomic mass is 9.68. The zero-order chi connectivity index (χ0) is 13.8. The molecule has 1 aromatic rings. The van der Waals surface area contributed by atoms with Crippen molar-refractivity contribution >= 4 is 5.69 Å². The van der Waals surface area contributed by atoms with Crippen LogP contribution in [0.3, 0.4) is 0 Å². The normalized spacial score (nSPS) is 35.6. The van der Waals surface area contributed by atoms with Gasteiger partial charge in [0.15, 0.2) is 0 Å². The van der Waals surface area contributed by atoms with E-state index in [1.165, 1.54) is 36.1 Å². The lowest BCUT2D eigenvalue weighted by Crippen LogP contribution is -2.45. The van der Waals surface area contributed by atoms with Crippen LogP contribution >= 0.6 is 0 Å². The lowest BCUT2D eigenvalue weighted by molar-refractivity contribution is 0.155. The van der Waals surface area contributed by atoms with Crippen molar-refractivity contribution in [3.8, 4) is 0 Å². The highest BCUT2D eigenvalue weighted by atomic mass is 15.0. The van der Waals surface area contributed by atoms with E-state index in [0.29, 0.717) is 16.9 Å². The Kier molecular flexibility index (Phi) is 2.75. The van der Waals surface area contributed by atoms with Gasteiger partial charge in [0.05, 0.1) is 0 Å². The summed E-state index contributed by atoms with van der Waals surface area (Å²) in [5.74, 6) is 0.903. The van der Waals surface area contributed by atoms with Gasteiger partial charge in [0, 0.05) is 11.7 Å². The summed E-state index contributed by atoms with van der Waals surface area (Å²) in [6, 6.07) is 7.36. The molecule has 3 rings (SSSR count). The van der Waals surface area contributed by atoms with Gasteiger partial charge < -0.3 is 5.32 Å². The van der Waals surface area contributed by atoms with Crippen LogP contribution < -0.4 is 5.32 Å². The zero-order valence-electron chi connectivity index (χ0n) is 13.0. The molecule has 1 nitrogen and oxygen atoms in total. The highest BCUT2D eigenvalue weighted by Gasteiger charge is 2.59. The first-order chi connectivity index (χ1) is 8.83. The monoisotopic (exact) mass is 257 g/mol. The van der Waals surface area contributed by atoms with Crippen molar-refractivity contribution in [3.05, 3.63) is 29.3 Å². The second kappa shape index (κ2) is 4.01. The van der Waals surface area contributed by atoms with E-state index in [9.17, 15) is 0 Å². The molecule has 0 aliphatic heterocycles. The second-order valence-electron chi connectivity index (χ2n) is 7.81. The van der Waals surface area contributed by atoms with Gasteiger partial charge in [-0.2, -0.15) is 0 Å². The molecular weight excluding hydrogens is 230 g/mol. The highest BCUT2D eigenvalue weighted by Crippen LogP contribution is 2.63. The third kappa shape index (κ3) is 1.89. The Morgan fingerprint density at radius 1 is 1.16 bits per heavy atom. The number of aryl methyl sites for hydroxylation is 2. The van der Waals surface area contributed by atoms with Crippen molar-refractivity contribution in [1.82, 2.24) is 0 Å². The van der Waals surface area contributed by atoms with Crippen molar-refractivity contribution in [1.29, 1.82) is 0 Å². The second-order valence-corrected chi connectivity index (χ2v) is 7.81. The Morgan fingerprint density at radius 3 is 2.53 bits per heavy atom. The summed E-state index contributed by atoms with van der Waals surface area (Å²) in [5.41, 5.74) is 4.96. The minimum Gasteiger partial charge on any atom is -0.381 e. The molecule has 2 aliphatic carbocycles. The molecule has 2 fully saturated rings. The smallest absolute Gasteiger partial charge is 0.0375 e. The molecule has 1 unspecified atom stereocenters. The molecule has 3 atom stereocenters. The topological polar surface area (TPSA) is 12.0 Å². The SMILES string of the molecule is Cc1ccc(C)c(NC2C(C)(C)[C@H]3CC[C@]2(C)C3)c1. The number of benzene rings is 1. The maximum Gasteiger partial charge on any atom is 0.0375 e. The first-order valence-electron chi connectivity index (χ1n) is 7.67. The van der Waals surface area contributed by atoms with Gasteiger partial charge in [-0.3, -0.25) is 0 Å². The molecule has 2 bridgehead atoms. The number of rotatable bonds is 2. The number of anilines is 1. The highest BCUT2D eigenvalue weighted by molar-refractivity contribution is 5.54. The molecule has 2 saturated carbocycles. The summed E-state index contributed by atoms with van der Waals surface area (Å²) >= 11 is 0. The van der Waals surface area contributed by atoms with Crippen LogP contribution in [0.2, 0.25) is 0 Å². The molecule has 19 heavy (non-hydrogen) atoms. The Hall–Kier alpha value is -0.980. The fraction of sp³-hybridized carbons (Fsp3) is 0.667. The predicted octanol–water partition coefficient (Wildman–Crippen LogP) is 4.93. The van der Waals surface area contributed by atoms with Crippen LogP contribution in [0.5, 0.6) is 0 Å². The third-order valence-electron chi connectivity index (χ3n) is 5.96. The van der Waals surface area contributed by atoms with Gasteiger partial charge in [-0.1, -0.05) is 32.9 Å². The molecule has 104 valence electrons. The lowest BCUT2D eigenvalue weighted by Gasteiger charge is -2.44. The van der Waals surface area contributed by atoms with Crippen LogP contribution in [-0.4, -0.2) is 6.04 Å². The Labute approximate surface area is 117 Å². The zero-order valence-corrected chi connectivity index (χ0v) is 13.0. The first kappa shape index (κ1) is 13.0. The summed E-state index contributed by atoms with van der Waals surface area (Å²) in [6.07, 6.45) is 4.22. The van der Waals surface area contributed by atoms with E-state index in [1.807, 2.05) is 0 Å². The van der Waals surface area contributed by atoms with Gasteiger partial charge in [0.25, 0.3) is 0 Å². The van der Waals surface area contributed by atoms with Gasteiger partial charge >= 0.3 is 0 Å². The molecule has 0 amide bonds. The fourth-order valence-electron chi connectivity index (χ4n) is 4.71. The van der Waals surface area contributed by atoms with Gasteiger partial charge in [-0.25, -0.2) is 0 Å². The molecule has 0 spiro atoms. The van der Waals surface area contributed by atoms with Crippen LogP contribution in [-0.2, 0) is 0 Å². The minimum absolute atomic E-state index is 0.420. The van der Waals surface area contributed by atoms with E-state index in [0.717, 1.165) is 5.92 Å². The summed E-state index contributed by atoms with van der Waals surface area (Å²) in [7, 11) is 0. The number of hydrogen-bond acceptors (Lipinski definition) is 1. The Balaban J connectivity index is 1.92. The van der Waals surface area contributed by atoms with Crippen LogP contribution in [0.1, 0.15) is 51.2 Å². The molecule has 1 aromatic carbocycles. The summed E-state index contributed by atoms with van der Waals surface area (Å²) < 4.78 is 0. The van der Waals surface area contributed by atoms with E-state index in [1.54, 1.807) is 0 Å². The predicted molar refractivity (Wildman–Crippen MR) is 82.6 cm³/mol. The number of hydrogen-bond donors (Lipinski definition) is 1. The summed E-state index contributed by atoms with van der Waals surface area (Å²) in [4.78, 5) is 0. The van der Waals surface area contributed by atoms with Gasteiger partial charge in [-0.05, 0) is 67.1 Å². The van der Waals surface area contributed by atoms with Crippen LogP contribution in [0.15, 0.2) is 18.2 Å². The Bertz CT molecular complexity index is 498. The Morgan fingerprint density at radius 2 is 1.89 bits per heavy atom. The molecule has 0 heterocycles. The average Bonchev–Trinajstić information content (AvgIpc) is 2.80. The third-order valence-corrected chi connectivity index (χ3v) is 5.96. The van der Waals surface area contributed by atoms with Crippen molar-refractivity contribution in [2.24, 2.45) is 16.7 Å². The average molecular weight is 257 g/mol. The van der Waals surface area contributed by atoms with Gasteiger partial charge in [0.1, 0.15) is 0 Å². The molecule has 0 saturated heterocycles. The number of nitrogens with one attached hydrogen (secondary N) is 1. The van der Waals surface area contributed by atoms with E-state index >= 15 is 0 Å². The molecular formula is C18H27N. The number of fused-ring (bicyclic) bond motifs is 2. The van der Waals surface area contributed by atoms with Gasteiger partial charge in [-0.15, -0.1) is 0 Å². The maximum absolute atomic E-state index is 3.91. The first-order valence-corrected chi connectivity index (χ1v) is 7.67.